The van der Waals surface area contributed by atoms with Gasteiger partial charge in [0.1, 0.15) is 11.5 Å². The minimum absolute atomic E-state index is 0.144. The minimum Gasteiger partial charge on any atom is -0.497 e. The number of ether oxygens (including phenoxy) is 2. The average Bonchev–Trinajstić information content (AvgIpc) is 2.63. The smallest absolute Gasteiger partial charge is 0.225 e. The van der Waals surface area contributed by atoms with Gasteiger partial charge < -0.3 is 14.8 Å². The van der Waals surface area contributed by atoms with E-state index in [4.69, 9.17) is 21.1 Å². The molecule has 0 atom stereocenters. The van der Waals surface area contributed by atoms with Crippen LogP contribution in [0.15, 0.2) is 41.3 Å². The molecule has 1 amide bonds. The Kier molecular flexibility index (Phi) is 6.50. The Bertz CT molecular complexity index is 895. The van der Waals surface area contributed by atoms with Crippen LogP contribution in [-0.4, -0.2) is 34.3 Å². The Hall–Kier alpha value is -2.25. The molecule has 2 rings (SSSR count). The molecule has 0 aliphatic carbocycles. The molecular formula is C18H20ClNO5S. The number of benzene rings is 2. The van der Waals surface area contributed by atoms with E-state index >= 15 is 0 Å². The molecule has 0 bridgehead atoms. The Labute approximate surface area is 158 Å². The van der Waals surface area contributed by atoms with E-state index in [-0.39, 0.29) is 17.1 Å². The first kappa shape index (κ1) is 20.1. The van der Waals surface area contributed by atoms with Crippen molar-refractivity contribution in [1.82, 2.24) is 0 Å². The second kappa shape index (κ2) is 8.42. The number of carbonyl (C=O) groups excluding carboxylic acids is 1. The summed E-state index contributed by atoms with van der Waals surface area (Å²) < 4.78 is 34.9. The Morgan fingerprint density at radius 3 is 2.35 bits per heavy atom. The number of hydrogen-bond donors (Lipinski definition) is 1. The third-order valence-electron chi connectivity index (χ3n) is 3.77. The number of halogens is 1. The molecule has 0 fully saturated rings. The van der Waals surface area contributed by atoms with Gasteiger partial charge in [0.15, 0.2) is 9.84 Å². The number of anilines is 1. The van der Waals surface area contributed by atoms with E-state index in [1.165, 1.54) is 26.4 Å². The summed E-state index contributed by atoms with van der Waals surface area (Å²) >= 11 is 6.03. The lowest BCUT2D eigenvalue weighted by Gasteiger charge is -2.12. The van der Waals surface area contributed by atoms with E-state index in [0.29, 0.717) is 22.2 Å². The standard InChI is InChI=1S/C18H20ClNO5S/c1-12-10-16(17(25-3)11-15(12)19)20-18(21)8-9-26(22,23)14-6-4-13(24-2)5-7-14/h4-7,10-11H,8-9H2,1-3H3,(H,20,21). The van der Waals surface area contributed by atoms with Gasteiger partial charge in [-0.2, -0.15) is 0 Å². The normalized spacial score (nSPS) is 11.1. The maximum Gasteiger partial charge on any atom is 0.225 e. The monoisotopic (exact) mass is 397 g/mol. The van der Waals surface area contributed by atoms with Crippen molar-refractivity contribution in [2.75, 3.05) is 25.3 Å². The van der Waals surface area contributed by atoms with Gasteiger partial charge >= 0.3 is 0 Å². The van der Waals surface area contributed by atoms with Crippen molar-refractivity contribution in [3.8, 4) is 11.5 Å². The van der Waals surface area contributed by atoms with E-state index in [9.17, 15) is 13.2 Å². The van der Waals surface area contributed by atoms with Crippen LogP contribution < -0.4 is 14.8 Å². The second-order valence-electron chi connectivity index (χ2n) is 5.59. The summed E-state index contributed by atoms with van der Waals surface area (Å²) in [5, 5.41) is 3.18. The zero-order chi connectivity index (χ0) is 19.3. The molecule has 8 heteroatoms. The van der Waals surface area contributed by atoms with Crippen molar-refractivity contribution in [2.45, 2.75) is 18.2 Å². The highest BCUT2D eigenvalue weighted by Crippen LogP contribution is 2.31. The number of amides is 1. The third kappa shape index (κ3) is 4.89. The lowest BCUT2D eigenvalue weighted by molar-refractivity contribution is -0.115. The van der Waals surface area contributed by atoms with E-state index < -0.39 is 15.7 Å². The maximum atomic E-state index is 12.3. The van der Waals surface area contributed by atoms with Gasteiger partial charge in [-0.25, -0.2) is 8.42 Å². The van der Waals surface area contributed by atoms with Gasteiger partial charge in [-0.1, -0.05) is 11.6 Å². The maximum absolute atomic E-state index is 12.3. The summed E-state index contributed by atoms with van der Waals surface area (Å²) in [4.78, 5) is 12.3. The van der Waals surface area contributed by atoms with Crippen LogP contribution in [0.5, 0.6) is 11.5 Å². The first-order chi connectivity index (χ1) is 12.3. The number of carbonyl (C=O) groups is 1. The summed E-state index contributed by atoms with van der Waals surface area (Å²) in [5.74, 6) is 0.237. The number of aryl methyl sites for hydroxylation is 1. The van der Waals surface area contributed by atoms with Crippen molar-refractivity contribution in [1.29, 1.82) is 0 Å². The van der Waals surface area contributed by atoms with Crippen LogP contribution in [0.4, 0.5) is 5.69 Å². The Balaban J connectivity index is 2.05. The van der Waals surface area contributed by atoms with Crippen molar-refractivity contribution in [3.63, 3.8) is 0 Å². The van der Waals surface area contributed by atoms with Crippen LogP contribution in [0.1, 0.15) is 12.0 Å². The molecule has 26 heavy (non-hydrogen) atoms. The van der Waals surface area contributed by atoms with Gasteiger partial charge in [-0.15, -0.1) is 0 Å². The first-order valence-electron chi connectivity index (χ1n) is 7.77. The van der Waals surface area contributed by atoms with E-state index in [1.807, 2.05) is 0 Å². The highest BCUT2D eigenvalue weighted by Gasteiger charge is 2.18. The number of rotatable bonds is 7. The van der Waals surface area contributed by atoms with E-state index in [1.54, 1.807) is 31.2 Å². The zero-order valence-corrected chi connectivity index (χ0v) is 16.3. The summed E-state index contributed by atoms with van der Waals surface area (Å²) in [6.45, 7) is 1.80. The fourth-order valence-corrected chi connectivity index (χ4v) is 3.66. The first-order valence-corrected chi connectivity index (χ1v) is 9.80. The largest absolute Gasteiger partial charge is 0.497 e. The van der Waals surface area contributed by atoms with Crippen molar-refractivity contribution >= 4 is 33.0 Å². The molecule has 6 nitrogen and oxygen atoms in total. The van der Waals surface area contributed by atoms with Gasteiger partial charge in [-0.3, -0.25) is 4.79 Å². The predicted octanol–water partition coefficient (Wildman–Crippen LogP) is 3.47. The van der Waals surface area contributed by atoms with Crippen LogP contribution in [0, 0.1) is 6.92 Å². The molecule has 0 saturated heterocycles. The second-order valence-corrected chi connectivity index (χ2v) is 8.11. The highest BCUT2D eigenvalue weighted by atomic mass is 35.5. The molecular weight excluding hydrogens is 378 g/mol. The molecule has 0 radical (unpaired) electrons. The summed E-state index contributed by atoms with van der Waals surface area (Å²) in [6, 6.07) is 9.32. The molecule has 0 aromatic heterocycles. The van der Waals surface area contributed by atoms with E-state index in [0.717, 1.165) is 5.56 Å². The van der Waals surface area contributed by atoms with Crippen molar-refractivity contribution in [3.05, 3.63) is 47.0 Å². The molecule has 1 N–H and O–H groups in total. The highest BCUT2D eigenvalue weighted by molar-refractivity contribution is 7.91. The SMILES string of the molecule is COc1ccc(S(=O)(=O)CCC(=O)Nc2cc(C)c(Cl)cc2OC)cc1. The fraction of sp³-hybridized carbons (Fsp3) is 0.278. The molecule has 0 unspecified atom stereocenters. The third-order valence-corrected chi connectivity index (χ3v) is 5.91. The molecule has 0 heterocycles. The quantitative estimate of drug-likeness (QED) is 0.773. The topological polar surface area (TPSA) is 81.7 Å². The van der Waals surface area contributed by atoms with Gasteiger partial charge in [0, 0.05) is 17.5 Å². The summed E-state index contributed by atoms with van der Waals surface area (Å²) in [5.41, 5.74) is 1.22. The summed E-state index contributed by atoms with van der Waals surface area (Å²) in [7, 11) is -0.608. The number of sulfone groups is 1. The van der Waals surface area contributed by atoms with Gasteiger partial charge in [0.2, 0.25) is 5.91 Å². The number of methoxy groups -OCH3 is 2. The molecule has 0 saturated carbocycles. The molecule has 0 aliphatic rings. The molecule has 140 valence electrons. The van der Waals surface area contributed by atoms with Crippen molar-refractivity contribution < 1.29 is 22.7 Å². The van der Waals surface area contributed by atoms with Crippen LogP contribution in [-0.2, 0) is 14.6 Å². The Morgan fingerprint density at radius 1 is 1.12 bits per heavy atom. The lowest BCUT2D eigenvalue weighted by atomic mass is 10.2. The zero-order valence-electron chi connectivity index (χ0n) is 14.7. The minimum atomic E-state index is -3.57. The van der Waals surface area contributed by atoms with Crippen LogP contribution >= 0.6 is 11.6 Å². The molecule has 0 spiro atoms. The van der Waals surface area contributed by atoms with Crippen LogP contribution in [0.25, 0.3) is 0 Å². The number of nitrogens with one attached hydrogen (secondary N) is 1. The fourth-order valence-electron chi connectivity index (χ4n) is 2.27. The molecule has 2 aromatic rings. The Morgan fingerprint density at radius 2 is 1.77 bits per heavy atom. The average molecular weight is 398 g/mol. The molecule has 2 aromatic carbocycles. The molecule has 0 aliphatic heterocycles. The predicted molar refractivity (Wildman–Crippen MR) is 101 cm³/mol. The lowest BCUT2D eigenvalue weighted by Crippen LogP contribution is -2.18. The van der Waals surface area contributed by atoms with Crippen molar-refractivity contribution in [2.24, 2.45) is 0 Å². The number of hydrogen-bond acceptors (Lipinski definition) is 5. The van der Waals surface area contributed by atoms with Crippen LogP contribution in [0.3, 0.4) is 0 Å². The summed E-state index contributed by atoms with van der Waals surface area (Å²) in [6.07, 6.45) is -0.181. The van der Waals surface area contributed by atoms with E-state index in [2.05, 4.69) is 5.32 Å². The van der Waals surface area contributed by atoms with Crippen LogP contribution in [0.2, 0.25) is 5.02 Å². The van der Waals surface area contributed by atoms with Gasteiger partial charge in [0.05, 0.1) is 30.6 Å². The van der Waals surface area contributed by atoms with Gasteiger partial charge in [0.25, 0.3) is 0 Å². The van der Waals surface area contributed by atoms with Gasteiger partial charge in [-0.05, 0) is 42.8 Å².